The lowest BCUT2D eigenvalue weighted by Gasteiger charge is -2.21. The van der Waals surface area contributed by atoms with Crippen molar-refractivity contribution in [2.75, 3.05) is 27.3 Å². The number of rotatable bonds is 4. The third kappa shape index (κ3) is 3.31. The average molecular weight is 409 g/mol. The lowest BCUT2D eigenvalue weighted by Crippen LogP contribution is -2.16. The number of phenolic OH excluding ortho intramolecular Hbond substituents is 1. The first-order valence-corrected chi connectivity index (χ1v) is 10.2. The normalized spacial score (nSPS) is 13.3. The molecular weight excluding hydrogens is 382 g/mol. The van der Waals surface area contributed by atoms with Crippen LogP contribution in [0.3, 0.4) is 0 Å². The number of aromatic hydroxyl groups is 1. The minimum absolute atomic E-state index is 0.199. The maximum atomic E-state index is 13.1. The fraction of sp³-hybridized carbons (Fsp3) is 0.375. The van der Waals surface area contributed by atoms with Gasteiger partial charge in [0.1, 0.15) is 24.5 Å². The molecule has 0 aliphatic carbocycles. The number of phenols is 1. The summed E-state index contributed by atoms with van der Waals surface area (Å²) in [5.41, 5.74) is 4.54. The molecule has 0 saturated carbocycles. The number of fused-ring (bicyclic) bond motifs is 2. The number of nitrogens with zero attached hydrogens (tertiary/aromatic N) is 1. The van der Waals surface area contributed by atoms with Crippen molar-refractivity contribution >= 4 is 11.0 Å². The minimum Gasteiger partial charge on any atom is -0.507 e. The van der Waals surface area contributed by atoms with Crippen LogP contribution in [0.4, 0.5) is 0 Å². The van der Waals surface area contributed by atoms with Gasteiger partial charge in [0.2, 0.25) is 0 Å². The molecule has 6 heteroatoms. The topological polar surface area (TPSA) is 72.1 Å². The third-order valence-corrected chi connectivity index (χ3v) is 5.60. The summed E-state index contributed by atoms with van der Waals surface area (Å²) < 4.78 is 17.2. The van der Waals surface area contributed by atoms with E-state index in [1.165, 1.54) is 0 Å². The van der Waals surface area contributed by atoms with E-state index in [4.69, 9.17) is 13.9 Å². The number of hydrogen-bond acceptors (Lipinski definition) is 6. The molecule has 2 aromatic carbocycles. The molecule has 4 rings (SSSR count). The largest absolute Gasteiger partial charge is 0.507 e. The molecule has 1 aromatic heterocycles. The van der Waals surface area contributed by atoms with E-state index in [0.717, 1.165) is 27.6 Å². The highest BCUT2D eigenvalue weighted by molar-refractivity contribution is 5.91. The second-order valence-electron chi connectivity index (χ2n) is 8.03. The molecule has 30 heavy (non-hydrogen) atoms. The second kappa shape index (κ2) is 7.69. The van der Waals surface area contributed by atoms with Crippen molar-refractivity contribution in [1.82, 2.24) is 4.90 Å². The summed E-state index contributed by atoms with van der Waals surface area (Å²) >= 11 is 0. The zero-order chi connectivity index (χ0) is 21.6. The quantitative estimate of drug-likeness (QED) is 0.652. The van der Waals surface area contributed by atoms with Gasteiger partial charge in [0.15, 0.2) is 11.5 Å². The van der Waals surface area contributed by atoms with Gasteiger partial charge in [-0.3, -0.25) is 0 Å². The Morgan fingerprint density at radius 1 is 1.07 bits per heavy atom. The molecule has 2 heterocycles. The van der Waals surface area contributed by atoms with Crippen LogP contribution in [0.1, 0.15) is 29.2 Å². The SMILES string of the molecule is CCc1c(O)c(CN(C)C)cc2c(C)c(-c3cc4c(cc3C)OCCO4)c(=O)oc12. The molecule has 1 N–H and O–H groups in total. The molecule has 6 nitrogen and oxygen atoms in total. The predicted octanol–water partition coefficient (Wildman–Crippen LogP) is 4.18. The van der Waals surface area contributed by atoms with Gasteiger partial charge in [-0.1, -0.05) is 6.92 Å². The lowest BCUT2D eigenvalue weighted by atomic mass is 9.93. The Bertz CT molecular complexity index is 1190. The van der Waals surface area contributed by atoms with Crippen LogP contribution < -0.4 is 15.1 Å². The van der Waals surface area contributed by atoms with Crippen LogP contribution in [-0.2, 0) is 13.0 Å². The highest BCUT2D eigenvalue weighted by atomic mass is 16.6. The van der Waals surface area contributed by atoms with Gasteiger partial charge >= 0.3 is 5.63 Å². The van der Waals surface area contributed by atoms with Gasteiger partial charge < -0.3 is 23.9 Å². The van der Waals surface area contributed by atoms with Gasteiger partial charge in [0, 0.05) is 23.1 Å². The van der Waals surface area contributed by atoms with Gasteiger partial charge in [-0.05, 0) is 69.3 Å². The van der Waals surface area contributed by atoms with Crippen LogP contribution in [0, 0.1) is 13.8 Å². The summed E-state index contributed by atoms with van der Waals surface area (Å²) in [5, 5.41) is 11.6. The average Bonchev–Trinajstić information content (AvgIpc) is 2.69. The summed E-state index contributed by atoms with van der Waals surface area (Å²) in [6, 6.07) is 5.69. The zero-order valence-electron chi connectivity index (χ0n) is 18.1. The van der Waals surface area contributed by atoms with Gasteiger partial charge in [-0.2, -0.15) is 0 Å². The molecule has 3 aromatic rings. The summed E-state index contributed by atoms with van der Waals surface area (Å²) in [6.07, 6.45) is 0.564. The Hall–Kier alpha value is -2.99. The van der Waals surface area contributed by atoms with Crippen molar-refractivity contribution in [2.24, 2.45) is 0 Å². The van der Waals surface area contributed by atoms with Gasteiger partial charge in [0.25, 0.3) is 0 Å². The van der Waals surface area contributed by atoms with E-state index in [0.29, 0.717) is 54.4 Å². The Morgan fingerprint density at radius 3 is 2.37 bits per heavy atom. The first-order valence-electron chi connectivity index (χ1n) is 10.2. The molecule has 158 valence electrons. The molecule has 0 bridgehead atoms. The van der Waals surface area contributed by atoms with E-state index in [1.807, 2.05) is 58.0 Å². The summed E-state index contributed by atoms with van der Waals surface area (Å²) in [7, 11) is 3.91. The van der Waals surface area contributed by atoms with Crippen LogP contribution in [0.25, 0.3) is 22.1 Å². The number of hydrogen-bond donors (Lipinski definition) is 1. The lowest BCUT2D eigenvalue weighted by molar-refractivity contribution is 0.171. The molecule has 0 unspecified atom stereocenters. The monoisotopic (exact) mass is 409 g/mol. The van der Waals surface area contributed by atoms with Crippen molar-refractivity contribution in [3.63, 3.8) is 0 Å². The van der Waals surface area contributed by atoms with Crippen LogP contribution in [0.15, 0.2) is 27.4 Å². The van der Waals surface area contributed by atoms with E-state index in [1.54, 1.807) is 0 Å². The highest BCUT2D eigenvalue weighted by Gasteiger charge is 2.23. The van der Waals surface area contributed by atoms with Crippen molar-refractivity contribution in [2.45, 2.75) is 33.7 Å². The smallest absolute Gasteiger partial charge is 0.344 e. The summed E-state index contributed by atoms with van der Waals surface area (Å²) in [6.45, 7) is 7.41. The van der Waals surface area contributed by atoms with E-state index >= 15 is 0 Å². The van der Waals surface area contributed by atoms with E-state index < -0.39 is 5.63 Å². The Kier molecular flexibility index (Phi) is 5.20. The standard InChI is InChI=1S/C24H27NO5/c1-6-16-22(26)15(12-25(4)5)10-18-14(3)21(24(27)30-23(16)18)17-11-20-19(9-13(17)2)28-7-8-29-20/h9-11,26H,6-8,12H2,1-5H3. The van der Waals surface area contributed by atoms with Crippen LogP contribution >= 0.6 is 0 Å². The Labute approximate surface area is 175 Å². The second-order valence-corrected chi connectivity index (χ2v) is 8.03. The Balaban J connectivity index is 2.01. The molecule has 0 atom stereocenters. The molecule has 0 saturated heterocycles. The van der Waals surface area contributed by atoms with Crippen LogP contribution in [0.5, 0.6) is 17.2 Å². The van der Waals surface area contributed by atoms with Gasteiger partial charge in [0.05, 0.1) is 5.56 Å². The molecule has 1 aliphatic rings. The van der Waals surface area contributed by atoms with E-state index in [9.17, 15) is 9.90 Å². The maximum Gasteiger partial charge on any atom is 0.344 e. The van der Waals surface area contributed by atoms with E-state index in [-0.39, 0.29) is 5.75 Å². The minimum atomic E-state index is -0.422. The van der Waals surface area contributed by atoms with Gasteiger partial charge in [-0.25, -0.2) is 4.79 Å². The molecule has 1 aliphatic heterocycles. The first-order chi connectivity index (χ1) is 14.3. The van der Waals surface area contributed by atoms with Crippen LogP contribution in [0.2, 0.25) is 0 Å². The summed E-state index contributed by atoms with van der Waals surface area (Å²) in [5.74, 6) is 1.52. The fourth-order valence-corrected chi connectivity index (χ4v) is 4.16. The highest BCUT2D eigenvalue weighted by Crippen LogP contribution is 2.40. The maximum absolute atomic E-state index is 13.1. The number of aryl methyl sites for hydroxylation is 3. The van der Waals surface area contributed by atoms with Gasteiger partial charge in [-0.15, -0.1) is 0 Å². The van der Waals surface area contributed by atoms with Crippen molar-refractivity contribution in [3.8, 4) is 28.4 Å². The molecule has 0 amide bonds. The number of benzene rings is 2. The third-order valence-electron chi connectivity index (χ3n) is 5.60. The molecule has 0 spiro atoms. The zero-order valence-corrected chi connectivity index (χ0v) is 18.1. The van der Waals surface area contributed by atoms with E-state index in [2.05, 4.69) is 0 Å². The Morgan fingerprint density at radius 2 is 1.73 bits per heavy atom. The fourth-order valence-electron chi connectivity index (χ4n) is 4.16. The first kappa shape index (κ1) is 20.3. The molecule has 0 fully saturated rings. The van der Waals surface area contributed by atoms with Crippen molar-refractivity contribution in [1.29, 1.82) is 0 Å². The molecular formula is C24H27NO5. The predicted molar refractivity (Wildman–Crippen MR) is 117 cm³/mol. The molecule has 0 radical (unpaired) electrons. The number of ether oxygens (including phenoxy) is 2. The van der Waals surface area contributed by atoms with Crippen molar-refractivity contribution < 1.29 is 19.0 Å². The summed E-state index contributed by atoms with van der Waals surface area (Å²) in [4.78, 5) is 15.1. The van der Waals surface area contributed by atoms with Crippen molar-refractivity contribution in [3.05, 3.63) is 50.9 Å². The van der Waals surface area contributed by atoms with Crippen LogP contribution in [-0.4, -0.2) is 37.3 Å².